The Morgan fingerprint density at radius 3 is 2.58 bits per heavy atom. The van der Waals surface area contributed by atoms with Crippen LogP contribution in [0.1, 0.15) is 25.7 Å². The van der Waals surface area contributed by atoms with E-state index in [1.165, 1.54) is 0 Å². The van der Waals surface area contributed by atoms with E-state index in [1.807, 2.05) is 0 Å². The molecular weight excluding hydrogens is 244 g/mol. The Morgan fingerprint density at radius 1 is 1.11 bits per heavy atom. The Hall–Kier alpha value is -0.200. The normalized spacial score (nSPS) is 24.6. The lowest BCUT2D eigenvalue weighted by Crippen LogP contribution is -2.55. The molecule has 1 fully saturated rings. The third kappa shape index (κ3) is 5.36. The van der Waals surface area contributed by atoms with Gasteiger partial charge in [-0.2, -0.15) is 0 Å². The van der Waals surface area contributed by atoms with Gasteiger partial charge in [-0.05, 0) is 25.7 Å². The molecule has 114 valence electrons. The van der Waals surface area contributed by atoms with E-state index in [2.05, 4.69) is 4.90 Å². The first-order valence-electron chi connectivity index (χ1n) is 7.30. The van der Waals surface area contributed by atoms with Crippen LogP contribution in [0.5, 0.6) is 0 Å². The van der Waals surface area contributed by atoms with Gasteiger partial charge in [-0.1, -0.05) is 0 Å². The number of methoxy groups -OCH3 is 2. The first-order valence-corrected chi connectivity index (χ1v) is 7.30. The summed E-state index contributed by atoms with van der Waals surface area (Å²) in [6, 6.07) is 0. The lowest BCUT2D eigenvalue weighted by Gasteiger charge is -2.43. The molecular formula is C14H30N2O3. The van der Waals surface area contributed by atoms with Crippen LogP contribution in [0.4, 0.5) is 0 Å². The van der Waals surface area contributed by atoms with E-state index in [0.717, 1.165) is 65.2 Å². The first kappa shape index (κ1) is 16.9. The Kier molecular flexibility index (Phi) is 8.57. The third-order valence-electron chi connectivity index (χ3n) is 4.04. The van der Waals surface area contributed by atoms with E-state index in [1.54, 1.807) is 14.2 Å². The average Bonchev–Trinajstić information content (AvgIpc) is 2.69. The zero-order valence-electron chi connectivity index (χ0n) is 12.5. The molecule has 0 aromatic carbocycles. The summed E-state index contributed by atoms with van der Waals surface area (Å²) < 4.78 is 16.0. The number of rotatable bonds is 9. The van der Waals surface area contributed by atoms with Gasteiger partial charge in [0, 0.05) is 59.2 Å². The molecule has 1 heterocycles. The van der Waals surface area contributed by atoms with Crippen molar-refractivity contribution in [3.8, 4) is 0 Å². The Balaban J connectivity index is 2.65. The summed E-state index contributed by atoms with van der Waals surface area (Å²) >= 11 is 0. The van der Waals surface area contributed by atoms with Crippen LogP contribution in [-0.4, -0.2) is 70.7 Å². The van der Waals surface area contributed by atoms with E-state index in [0.29, 0.717) is 6.54 Å². The van der Waals surface area contributed by atoms with Crippen LogP contribution in [0, 0.1) is 0 Å². The van der Waals surface area contributed by atoms with Crippen LogP contribution in [0.2, 0.25) is 0 Å². The second-order valence-electron chi connectivity index (χ2n) is 5.22. The topological polar surface area (TPSA) is 57.0 Å². The minimum absolute atomic E-state index is 0.0722. The molecule has 0 spiro atoms. The van der Waals surface area contributed by atoms with Gasteiger partial charge in [-0.3, -0.25) is 4.90 Å². The van der Waals surface area contributed by atoms with Gasteiger partial charge in [-0.15, -0.1) is 0 Å². The highest BCUT2D eigenvalue weighted by Gasteiger charge is 2.35. The molecule has 0 radical (unpaired) electrons. The molecule has 0 aromatic heterocycles. The molecule has 5 heteroatoms. The molecule has 1 saturated heterocycles. The summed E-state index contributed by atoms with van der Waals surface area (Å²) in [6.45, 7) is 5.83. The molecule has 0 aromatic rings. The van der Waals surface area contributed by atoms with Crippen LogP contribution in [0.15, 0.2) is 0 Å². The van der Waals surface area contributed by atoms with Crippen molar-refractivity contribution in [2.45, 2.75) is 31.2 Å². The van der Waals surface area contributed by atoms with E-state index in [4.69, 9.17) is 19.9 Å². The summed E-state index contributed by atoms with van der Waals surface area (Å²) in [6.07, 6.45) is 4.24. The van der Waals surface area contributed by atoms with Crippen LogP contribution >= 0.6 is 0 Å². The van der Waals surface area contributed by atoms with Crippen LogP contribution < -0.4 is 5.73 Å². The quantitative estimate of drug-likeness (QED) is 0.632. The average molecular weight is 274 g/mol. The smallest absolute Gasteiger partial charge is 0.0589 e. The number of ether oxygens (including phenoxy) is 3. The van der Waals surface area contributed by atoms with Crippen LogP contribution in [0.3, 0.4) is 0 Å². The second kappa shape index (κ2) is 9.66. The minimum Gasteiger partial charge on any atom is -0.385 e. The molecule has 1 rings (SSSR count). The molecule has 1 aliphatic rings. The van der Waals surface area contributed by atoms with E-state index in [9.17, 15) is 0 Å². The Morgan fingerprint density at radius 2 is 1.89 bits per heavy atom. The number of hydrogen-bond acceptors (Lipinski definition) is 5. The molecule has 0 aliphatic carbocycles. The SMILES string of the molecule is COCCCN(CCOC)C1(CN)CCCOCC1. The van der Waals surface area contributed by atoms with Crippen LogP contribution in [-0.2, 0) is 14.2 Å². The van der Waals surface area contributed by atoms with Gasteiger partial charge >= 0.3 is 0 Å². The Bertz CT molecular complexity index is 219. The van der Waals surface area contributed by atoms with Gasteiger partial charge in [0.1, 0.15) is 0 Å². The van der Waals surface area contributed by atoms with Gasteiger partial charge in [0.25, 0.3) is 0 Å². The molecule has 1 atom stereocenters. The van der Waals surface area contributed by atoms with Crippen molar-refractivity contribution in [2.75, 3.05) is 60.3 Å². The summed E-state index contributed by atoms with van der Waals surface area (Å²) in [5.41, 5.74) is 6.19. The van der Waals surface area contributed by atoms with Gasteiger partial charge in [0.15, 0.2) is 0 Å². The fraction of sp³-hybridized carbons (Fsp3) is 1.00. The fourth-order valence-electron chi connectivity index (χ4n) is 2.83. The largest absolute Gasteiger partial charge is 0.385 e. The van der Waals surface area contributed by atoms with Crippen molar-refractivity contribution >= 4 is 0 Å². The monoisotopic (exact) mass is 274 g/mol. The van der Waals surface area contributed by atoms with Crippen molar-refractivity contribution in [3.05, 3.63) is 0 Å². The molecule has 19 heavy (non-hydrogen) atoms. The van der Waals surface area contributed by atoms with Crippen molar-refractivity contribution in [2.24, 2.45) is 5.73 Å². The number of nitrogens with zero attached hydrogens (tertiary/aromatic N) is 1. The van der Waals surface area contributed by atoms with Crippen LogP contribution in [0.25, 0.3) is 0 Å². The number of nitrogens with two attached hydrogens (primary N) is 1. The summed E-state index contributed by atoms with van der Waals surface area (Å²) in [5.74, 6) is 0. The maximum absolute atomic E-state index is 6.12. The molecule has 0 bridgehead atoms. The van der Waals surface area contributed by atoms with Crippen molar-refractivity contribution in [3.63, 3.8) is 0 Å². The van der Waals surface area contributed by atoms with Crippen molar-refractivity contribution in [1.29, 1.82) is 0 Å². The molecule has 2 N–H and O–H groups in total. The van der Waals surface area contributed by atoms with Crippen molar-refractivity contribution < 1.29 is 14.2 Å². The molecule has 1 aliphatic heterocycles. The van der Waals surface area contributed by atoms with Gasteiger partial charge in [0.05, 0.1) is 6.61 Å². The minimum atomic E-state index is 0.0722. The van der Waals surface area contributed by atoms with Gasteiger partial charge in [-0.25, -0.2) is 0 Å². The fourth-order valence-corrected chi connectivity index (χ4v) is 2.83. The predicted molar refractivity (Wildman–Crippen MR) is 76.4 cm³/mol. The predicted octanol–water partition coefficient (Wildman–Crippen LogP) is 0.869. The highest BCUT2D eigenvalue weighted by molar-refractivity contribution is 4.93. The number of hydrogen-bond donors (Lipinski definition) is 1. The van der Waals surface area contributed by atoms with E-state index in [-0.39, 0.29) is 5.54 Å². The van der Waals surface area contributed by atoms with E-state index >= 15 is 0 Å². The molecule has 1 unspecified atom stereocenters. The lowest BCUT2D eigenvalue weighted by atomic mass is 9.88. The van der Waals surface area contributed by atoms with Gasteiger partial charge < -0.3 is 19.9 Å². The zero-order valence-corrected chi connectivity index (χ0v) is 12.5. The molecule has 0 amide bonds. The standard InChI is InChI=1S/C14H30N2O3/c1-17-9-4-7-16(8-12-18-2)14(13-15)5-3-10-19-11-6-14/h3-13,15H2,1-2H3. The van der Waals surface area contributed by atoms with Gasteiger partial charge in [0.2, 0.25) is 0 Å². The third-order valence-corrected chi connectivity index (χ3v) is 4.04. The maximum Gasteiger partial charge on any atom is 0.0589 e. The summed E-state index contributed by atoms with van der Waals surface area (Å²) in [4.78, 5) is 2.49. The van der Waals surface area contributed by atoms with E-state index < -0.39 is 0 Å². The second-order valence-corrected chi connectivity index (χ2v) is 5.22. The Labute approximate surface area is 117 Å². The maximum atomic E-state index is 6.12. The highest BCUT2D eigenvalue weighted by Crippen LogP contribution is 2.27. The zero-order chi connectivity index (χ0) is 14.0. The summed E-state index contributed by atoms with van der Waals surface area (Å²) in [7, 11) is 3.50. The molecule has 5 nitrogen and oxygen atoms in total. The summed E-state index contributed by atoms with van der Waals surface area (Å²) in [5, 5.41) is 0. The van der Waals surface area contributed by atoms with Crippen molar-refractivity contribution in [1.82, 2.24) is 4.90 Å². The first-order chi connectivity index (χ1) is 9.29. The highest BCUT2D eigenvalue weighted by atomic mass is 16.5. The molecule has 0 saturated carbocycles. The lowest BCUT2D eigenvalue weighted by molar-refractivity contribution is 0.0361.